The maximum absolute atomic E-state index is 11.9. The molecular weight excluding hydrogens is 332 g/mol. The van der Waals surface area contributed by atoms with E-state index in [-0.39, 0.29) is 41.0 Å². The number of fused-ring (bicyclic) bond motifs is 5. The van der Waals surface area contributed by atoms with Gasteiger partial charge in [0, 0.05) is 17.8 Å². The zero-order chi connectivity index (χ0) is 18.7. The van der Waals surface area contributed by atoms with Gasteiger partial charge in [-0.25, -0.2) is 0 Å². The summed E-state index contributed by atoms with van der Waals surface area (Å²) in [6, 6.07) is 0. The fourth-order valence-electron chi connectivity index (χ4n) is 6.83. The van der Waals surface area contributed by atoms with Gasteiger partial charge in [0.05, 0.1) is 24.9 Å². The Balaban J connectivity index is 1.59. The first-order chi connectivity index (χ1) is 12.3. The molecule has 0 radical (unpaired) electrons. The van der Waals surface area contributed by atoms with Gasteiger partial charge < -0.3 is 19.7 Å². The first kappa shape index (κ1) is 18.7. The van der Waals surface area contributed by atoms with E-state index in [1.807, 2.05) is 6.92 Å². The highest BCUT2D eigenvalue weighted by atomic mass is 16.6. The van der Waals surface area contributed by atoms with Crippen molar-refractivity contribution in [1.29, 1.82) is 0 Å². The van der Waals surface area contributed by atoms with Crippen molar-refractivity contribution in [1.82, 2.24) is 0 Å². The lowest BCUT2D eigenvalue weighted by atomic mass is 9.46. The monoisotopic (exact) mass is 366 g/mol. The second-order valence-corrected chi connectivity index (χ2v) is 9.75. The molecule has 0 bridgehead atoms. The third-order valence-corrected chi connectivity index (χ3v) is 8.51. The van der Waals surface area contributed by atoms with Crippen LogP contribution in [0, 0.1) is 28.6 Å². The number of ether oxygens (including phenoxy) is 2. The standard InChI is InChI=1S/C21H34O5/c1-4-17(24)26-16-11-25-19-18-14(6-8-21(16,19)3)20(2)7-5-13(22)9-12(20)10-15(18)23/h12-16,18-19,22-23H,4-11H2,1-3H3/t12?,13-,14?,15-,16-,18?,19?,20-,21+/m0/s1. The number of rotatable bonds is 2. The van der Waals surface area contributed by atoms with Crippen LogP contribution in [0.4, 0.5) is 0 Å². The summed E-state index contributed by atoms with van der Waals surface area (Å²) in [6.45, 7) is 6.82. The predicted octanol–water partition coefficient (Wildman–Crippen LogP) is 2.67. The van der Waals surface area contributed by atoms with Gasteiger partial charge >= 0.3 is 5.97 Å². The minimum atomic E-state index is -0.395. The molecule has 4 fully saturated rings. The molecule has 0 amide bonds. The van der Waals surface area contributed by atoms with Gasteiger partial charge in [0.1, 0.15) is 6.10 Å². The zero-order valence-corrected chi connectivity index (χ0v) is 16.3. The highest BCUT2D eigenvalue weighted by Gasteiger charge is 2.64. The molecule has 4 rings (SSSR count). The largest absolute Gasteiger partial charge is 0.459 e. The Hall–Kier alpha value is -0.650. The molecule has 4 unspecified atom stereocenters. The maximum Gasteiger partial charge on any atom is 0.305 e. The first-order valence-electron chi connectivity index (χ1n) is 10.5. The summed E-state index contributed by atoms with van der Waals surface area (Å²) in [7, 11) is 0. The summed E-state index contributed by atoms with van der Waals surface area (Å²) < 4.78 is 11.9. The third kappa shape index (κ3) is 2.65. The van der Waals surface area contributed by atoms with Gasteiger partial charge in [-0.1, -0.05) is 20.8 Å². The Kier molecular flexibility index (Phi) is 4.64. The lowest BCUT2D eigenvalue weighted by Crippen LogP contribution is -2.61. The second-order valence-electron chi connectivity index (χ2n) is 9.75. The number of carbonyl (C=O) groups excluding carboxylic acids is 1. The van der Waals surface area contributed by atoms with E-state index in [1.165, 1.54) is 0 Å². The smallest absolute Gasteiger partial charge is 0.305 e. The summed E-state index contributed by atoms with van der Waals surface area (Å²) in [6.07, 6.45) is 5.01. The minimum Gasteiger partial charge on any atom is -0.459 e. The number of hydrogen-bond donors (Lipinski definition) is 2. The van der Waals surface area contributed by atoms with Crippen molar-refractivity contribution in [2.75, 3.05) is 6.61 Å². The number of aliphatic hydroxyl groups is 2. The quantitative estimate of drug-likeness (QED) is 0.735. The summed E-state index contributed by atoms with van der Waals surface area (Å²) in [5, 5.41) is 21.2. The van der Waals surface area contributed by atoms with Crippen molar-refractivity contribution in [3.63, 3.8) is 0 Å². The SMILES string of the molecule is CCC(=O)O[C@H]1COC2C3C(CC[C@@]21C)[C@@]1(C)CC[C@H](O)CC1C[C@@H]3O. The summed E-state index contributed by atoms with van der Waals surface area (Å²) in [5.41, 5.74) is -0.0314. The van der Waals surface area contributed by atoms with E-state index in [4.69, 9.17) is 9.47 Å². The van der Waals surface area contributed by atoms with Crippen LogP contribution in [0.1, 0.15) is 65.7 Å². The highest BCUT2D eigenvalue weighted by molar-refractivity contribution is 5.69. The Bertz CT molecular complexity index is 565. The Labute approximate surface area is 156 Å². The summed E-state index contributed by atoms with van der Waals surface area (Å²) in [4.78, 5) is 11.9. The average Bonchev–Trinajstić information content (AvgIpc) is 2.93. The van der Waals surface area contributed by atoms with Crippen molar-refractivity contribution in [2.24, 2.45) is 28.6 Å². The molecule has 0 aromatic carbocycles. The van der Waals surface area contributed by atoms with Gasteiger partial charge in [-0.15, -0.1) is 0 Å². The van der Waals surface area contributed by atoms with Crippen molar-refractivity contribution in [3.8, 4) is 0 Å². The Morgan fingerprint density at radius 3 is 2.62 bits per heavy atom. The predicted molar refractivity (Wildman–Crippen MR) is 96.3 cm³/mol. The molecule has 9 atom stereocenters. The van der Waals surface area contributed by atoms with E-state index in [0.717, 1.165) is 38.5 Å². The molecular formula is C21H34O5. The second kappa shape index (κ2) is 6.46. The molecule has 2 N–H and O–H groups in total. The van der Waals surface area contributed by atoms with E-state index in [0.29, 0.717) is 24.9 Å². The van der Waals surface area contributed by atoms with Gasteiger partial charge in [-0.3, -0.25) is 4.79 Å². The van der Waals surface area contributed by atoms with Crippen LogP contribution in [0.3, 0.4) is 0 Å². The molecule has 5 nitrogen and oxygen atoms in total. The van der Waals surface area contributed by atoms with E-state index < -0.39 is 6.10 Å². The van der Waals surface area contributed by atoms with E-state index in [2.05, 4.69) is 13.8 Å². The lowest BCUT2D eigenvalue weighted by molar-refractivity contribution is -0.193. The zero-order valence-electron chi connectivity index (χ0n) is 16.3. The van der Waals surface area contributed by atoms with Gasteiger partial charge in [0.2, 0.25) is 0 Å². The molecule has 0 aromatic rings. The minimum absolute atomic E-state index is 0.0458. The topological polar surface area (TPSA) is 76.0 Å². The highest BCUT2D eigenvalue weighted by Crippen LogP contribution is 2.63. The van der Waals surface area contributed by atoms with Crippen molar-refractivity contribution >= 4 is 5.97 Å². The van der Waals surface area contributed by atoms with Crippen LogP contribution >= 0.6 is 0 Å². The van der Waals surface area contributed by atoms with Crippen LogP contribution in [0.25, 0.3) is 0 Å². The van der Waals surface area contributed by atoms with Crippen LogP contribution in [0.2, 0.25) is 0 Å². The fraction of sp³-hybridized carbons (Fsp3) is 0.952. The molecule has 148 valence electrons. The normalized spacial score (nSPS) is 53.3. The number of carbonyl (C=O) groups is 1. The number of aliphatic hydroxyl groups excluding tert-OH is 2. The van der Waals surface area contributed by atoms with Crippen LogP contribution < -0.4 is 0 Å². The van der Waals surface area contributed by atoms with Crippen molar-refractivity contribution in [2.45, 2.75) is 90.1 Å². The maximum atomic E-state index is 11.9. The molecule has 26 heavy (non-hydrogen) atoms. The first-order valence-corrected chi connectivity index (χ1v) is 10.5. The molecule has 4 aliphatic rings. The molecule has 3 aliphatic carbocycles. The van der Waals surface area contributed by atoms with Crippen LogP contribution in [-0.4, -0.2) is 47.2 Å². The molecule has 1 saturated heterocycles. The van der Waals surface area contributed by atoms with Crippen molar-refractivity contribution < 1.29 is 24.5 Å². The summed E-state index contributed by atoms with van der Waals surface area (Å²) in [5.74, 6) is 0.750. The molecule has 0 spiro atoms. The van der Waals surface area contributed by atoms with Gasteiger partial charge in [-0.2, -0.15) is 0 Å². The van der Waals surface area contributed by atoms with Gasteiger partial charge in [0.15, 0.2) is 0 Å². The van der Waals surface area contributed by atoms with E-state index >= 15 is 0 Å². The molecule has 1 aliphatic heterocycles. The van der Waals surface area contributed by atoms with Crippen molar-refractivity contribution in [3.05, 3.63) is 0 Å². The molecule has 5 heteroatoms. The van der Waals surface area contributed by atoms with Gasteiger partial charge in [0.25, 0.3) is 0 Å². The molecule has 0 aromatic heterocycles. The number of hydrogen-bond acceptors (Lipinski definition) is 5. The van der Waals surface area contributed by atoms with Crippen LogP contribution in [0.5, 0.6) is 0 Å². The fourth-order valence-corrected chi connectivity index (χ4v) is 6.83. The van der Waals surface area contributed by atoms with E-state index in [1.54, 1.807) is 0 Å². The third-order valence-electron chi connectivity index (χ3n) is 8.51. The lowest BCUT2D eigenvalue weighted by Gasteiger charge is -2.61. The number of esters is 1. The average molecular weight is 366 g/mol. The molecule has 3 saturated carbocycles. The molecule has 1 heterocycles. The Morgan fingerprint density at radius 1 is 1.15 bits per heavy atom. The van der Waals surface area contributed by atoms with Gasteiger partial charge in [-0.05, 0) is 55.8 Å². The summed E-state index contributed by atoms with van der Waals surface area (Å²) >= 11 is 0. The van der Waals surface area contributed by atoms with E-state index in [9.17, 15) is 15.0 Å². The Morgan fingerprint density at radius 2 is 1.88 bits per heavy atom. The van der Waals surface area contributed by atoms with Crippen LogP contribution in [0.15, 0.2) is 0 Å². The van der Waals surface area contributed by atoms with Crippen LogP contribution in [-0.2, 0) is 14.3 Å².